The van der Waals surface area contributed by atoms with Gasteiger partial charge in [-0.2, -0.15) is 0 Å². The Bertz CT molecular complexity index is 754. The van der Waals surface area contributed by atoms with Crippen molar-refractivity contribution >= 4 is 23.2 Å². The van der Waals surface area contributed by atoms with Crippen molar-refractivity contribution in [1.29, 1.82) is 0 Å². The van der Waals surface area contributed by atoms with Gasteiger partial charge in [-0.25, -0.2) is 4.79 Å². The number of methoxy groups -OCH3 is 1. The zero-order valence-electron chi connectivity index (χ0n) is 14.4. The van der Waals surface area contributed by atoms with Gasteiger partial charge in [0.1, 0.15) is 4.88 Å². The van der Waals surface area contributed by atoms with E-state index in [1.165, 1.54) is 13.2 Å². The Morgan fingerprint density at radius 3 is 2.56 bits per heavy atom. The Balaban J connectivity index is 2.01. The van der Waals surface area contributed by atoms with Gasteiger partial charge >= 0.3 is 5.97 Å². The second kappa shape index (κ2) is 8.53. The molecule has 1 heterocycles. The molecule has 134 valence electrons. The first kappa shape index (κ1) is 18.8. The Labute approximate surface area is 150 Å². The molecular weight excluding hydrogens is 342 g/mol. The monoisotopic (exact) mass is 363 g/mol. The summed E-state index contributed by atoms with van der Waals surface area (Å²) in [5, 5.41) is 11.7. The lowest BCUT2D eigenvalue weighted by Gasteiger charge is -2.13. The summed E-state index contributed by atoms with van der Waals surface area (Å²) in [6.45, 7) is 4.93. The number of thiophene rings is 1. The third-order valence-electron chi connectivity index (χ3n) is 3.29. The molecule has 0 fully saturated rings. The summed E-state index contributed by atoms with van der Waals surface area (Å²) < 4.78 is 11.0. The van der Waals surface area contributed by atoms with Crippen LogP contribution >= 0.6 is 11.3 Å². The lowest BCUT2D eigenvalue weighted by atomic mass is 10.2. The van der Waals surface area contributed by atoms with Crippen molar-refractivity contribution in [2.75, 3.05) is 13.7 Å². The van der Waals surface area contributed by atoms with Crippen LogP contribution in [0.15, 0.2) is 30.3 Å². The number of aromatic carboxylic acids is 1. The van der Waals surface area contributed by atoms with Crippen LogP contribution in [0.1, 0.15) is 38.8 Å². The number of hydrogen-bond acceptors (Lipinski definition) is 5. The highest BCUT2D eigenvalue weighted by molar-refractivity contribution is 7.13. The number of carboxylic acid groups (broad SMARTS) is 1. The van der Waals surface area contributed by atoms with Gasteiger partial charge in [0.25, 0.3) is 5.91 Å². The topological polar surface area (TPSA) is 84.9 Å². The fraction of sp³-hybridized carbons (Fsp3) is 0.333. The molecule has 0 aliphatic carbocycles. The number of benzene rings is 1. The lowest BCUT2D eigenvalue weighted by Crippen LogP contribution is -2.22. The molecule has 0 aliphatic heterocycles. The number of carbonyl (C=O) groups is 2. The number of carboxylic acids is 1. The van der Waals surface area contributed by atoms with E-state index in [9.17, 15) is 9.59 Å². The summed E-state index contributed by atoms with van der Waals surface area (Å²) in [6, 6.07) is 8.23. The molecule has 2 aromatic rings. The molecule has 1 aromatic heterocycles. The fourth-order valence-corrected chi connectivity index (χ4v) is 2.83. The van der Waals surface area contributed by atoms with Crippen molar-refractivity contribution in [3.05, 3.63) is 45.6 Å². The third-order valence-corrected chi connectivity index (χ3v) is 4.37. The van der Waals surface area contributed by atoms with Crippen LogP contribution in [-0.4, -0.2) is 30.7 Å². The summed E-state index contributed by atoms with van der Waals surface area (Å²) in [5.41, 5.74) is 0.448. The van der Waals surface area contributed by atoms with Gasteiger partial charge < -0.3 is 19.9 Å². The number of hydrogen-bond donors (Lipinski definition) is 2. The molecule has 0 radical (unpaired) electrons. The van der Waals surface area contributed by atoms with Gasteiger partial charge in [0.05, 0.1) is 20.3 Å². The summed E-state index contributed by atoms with van der Waals surface area (Å²) >= 11 is 1.14. The highest BCUT2D eigenvalue weighted by atomic mass is 32.1. The quantitative estimate of drug-likeness (QED) is 0.751. The average molecular weight is 363 g/mol. The van der Waals surface area contributed by atoms with Gasteiger partial charge in [0.2, 0.25) is 0 Å². The van der Waals surface area contributed by atoms with E-state index in [2.05, 4.69) is 19.2 Å². The summed E-state index contributed by atoms with van der Waals surface area (Å²) in [5.74, 6) is 0.243. The molecule has 0 unspecified atom stereocenters. The Hall–Kier alpha value is -2.54. The normalized spacial score (nSPS) is 10.6. The molecule has 0 atom stereocenters. The Morgan fingerprint density at radius 2 is 1.96 bits per heavy atom. The van der Waals surface area contributed by atoms with E-state index >= 15 is 0 Å². The van der Waals surface area contributed by atoms with E-state index in [-0.39, 0.29) is 17.3 Å². The van der Waals surface area contributed by atoms with Crippen molar-refractivity contribution in [1.82, 2.24) is 5.32 Å². The van der Waals surface area contributed by atoms with Crippen LogP contribution in [0.2, 0.25) is 0 Å². The molecule has 2 rings (SSSR count). The second-order valence-corrected chi connectivity index (χ2v) is 6.99. The van der Waals surface area contributed by atoms with E-state index in [1.54, 1.807) is 24.3 Å². The molecule has 2 N–H and O–H groups in total. The maximum Gasteiger partial charge on any atom is 0.345 e. The predicted molar refractivity (Wildman–Crippen MR) is 95.8 cm³/mol. The van der Waals surface area contributed by atoms with Gasteiger partial charge in [-0.05, 0) is 36.2 Å². The molecule has 1 aromatic carbocycles. The minimum Gasteiger partial charge on any atom is -0.493 e. The van der Waals surface area contributed by atoms with Gasteiger partial charge in [0.15, 0.2) is 11.5 Å². The maximum absolute atomic E-state index is 12.3. The van der Waals surface area contributed by atoms with Crippen molar-refractivity contribution in [2.24, 2.45) is 5.92 Å². The number of ether oxygens (including phenoxy) is 2. The van der Waals surface area contributed by atoms with Crippen LogP contribution in [0, 0.1) is 5.92 Å². The highest BCUT2D eigenvalue weighted by Crippen LogP contribution is 2.28. The molecule has 1 amide bonds. The van der Waals surface area contributed by atoms with E-state index in [0.717, 1.165) is 16.2 Å². The van der Waals surface area contributed by atoms with E-state index in [1.807, 2.05) is 0 Å². The van der Waals surface area contributed by atoms with Crippen LogP contribution in [0.5, 0.6) is 11.5 Å². The first-order valence-corrected chi connectivity index (χ1v) is 8.63. The van der Waals surface area contributed by atoms with Gasteiger partial charge in [0, 0.05) is 10.4 Å². The standard InChI is InChI=1S/C18H21NO5S/c1-11(2)10-24-14-6-4-12(8-15(14)23-3)17(20)19-9-13-5-7-16(25-13)18(21)22/h4-8,11H,9-10H2,1-3H3,(H,19,20)(H,21,22). The van der Waals surface area contributed by atoms with Crippen LogP contribution in [-0.2, 0) is 6.54 Å². The number of nitrogens with one attached hydrogen (secondary N) is 1. The van der Waals surface area contributed by atoms with Crippen molar-refractivity contribution < 1.29 is 24.2 Å². The van der Waals surface area contributed by atoms with E-state index in [0.29, 0.717) is 29.6 Å². The minimum atomic E-state index is -0.968. The number of rotatable bonds is 8. The Morgan fingerprint density at radius 1 is 1.20 bits per heavy atom. The first-order valence-electron chi connectivity index (χ1n) is 7.81. The molecule has 0 aliphatic rings. The smallest absolute Gasteiger partial charge is 0.345 e. The van der Waals surface area contributed by atoms with Crippen LogP contribution in [0.3, 0.4) is 0 Å². The zero-order chi connectivity index (χ0) is 18.4. The molecule has 25 heavy (non-hydrogen) atoms. The average Bonchev–Trinajstić information content (AvgIpc) is 3.07. The second-order valence-electron chi connectivity index (χ2n) is 5.82. The fourth-order valence-electron chi connectivity index (χ4n) is 2.04. The van der Waals surface area contributed by atoms with E-state index < -0.39 is 5.97 Å². The summed E-state index contributed by atoms with van der Waals surface area (Å²) in [6.07, 6.45) is 0. The largest absolute Gasteiger partial charge is 0.493 e. The van der Waals surface area contributed by atoms with Gasteiger partial charge in [-0.3, -0.25) is 4.79 Å². The first-order chi connectivity index (χ1) is 11.9. The van der Waals surface area contributed by atoms with Crippen LogP contribution in [0.4, 0.5) is 0 Å². The zero-order valence-corrected chi connectivity index (χ0v) is 15.2. The summed E-state index contributed by atoms with van der Waals surface area (Å²) in [4.78, 5) is 24.2. The minimum absolute atomic E-state index is 0.248. The van der Waals surface area contributed by atoms with Crippen molar-refractivity contribution in [3.63, 3.8) is 0 Å². The van der Waals surface area contributed by atoms with E-state index in [4.69, 9.17) is 14.6 Å². The van der Waals surface area contributed by atoms with Crippen LogP contribution < -0.4 is 14.8 Å². The van der Waals surface area contributed by atoms with Crippen molar-refractivity contribution in [2.45, 2.75) is 20.4 Å². The van der Waals surface area contributed by atoms with Crippen molar-refractivity contribution in [3.8, 4) is 11.5 Å². The molecule has 0 saturated heterocycles. The summed E-state index contributed by atoms with van der Waals surface area (Å²) in [7, 11) is 1.53. The molecular formula is C18H21NO5S. The predicted octanol–water partition coefficient (Wildman–Crippen LogP) is 3.42. The molecule has 0 spiro atoms. The molecule has 7 heteroatoms. The highest BCUT2D eigenvalue weighted by Gasteiger charge is 2.13. The maximum atomic E-state index is 12.3. The number of amides is 1. The third kappa shape index (κ3) is 5.22. The molecule has 0 bridgehead atoms. The SMILES string of the molecule is COc1cc(C(=O)NCc2ccc(C(=O)O)s2)ccc1OCC(C)C. The number of carbonyl (C=O) groups excluding carboxylic acids is 1. The van der Waals surface area contributed by atoms with Crippen LogP contribution in [0.25, 0.3) is 0 Å². The van der Waals surface area contributed by atoms with Gasteiger partial charge in [-0.1, -0.05) is 13.8 Å². The van der Waals surface area contributed by atoms with Gasteiger partial charge in [-0.15, -0.1) is 11.3 Å². The lowest BCUT2D eigenvalue weighted by molar-refractivity contribution is 0.0702. The molecule has 0 saturated carbocycles. The molecule has 6 nitrogen and oxygen atoms in total. The Kier molecular flexibility index (Phi) is 6.41.